The highest BCUT2D eigenvalue weighted by molar-refractivity contribution is 8.93. The maximum absolute atomic E-state index is 3.56. The van der Waals surface area contributed by atoms with Crippen LogP contribution in [0.25, 0.3) is 0 Å². The van der Waals surface area contributed by atoms with Crippen molar-refractivity contribution in [3.8, 4) is 0 Å². The van der Waals surface area contributed by atoms with E-state index < -0.39 is 0 Å². The second-order valence-electron chi connectivity index (χ2n) is 1.16. The van der Waals surface area contributed by atoms with E-state index in [2.05, 4.69) is 20.6 Å². The number of hydrogen-bond acceptors (Lipinski definition) is 4. The van der Waals surface area contributed by atoms with Gasteiger partial charge in [0.15, 0.2) is 0 Å². The van der Waals surface area contributed by atoms with Crippen LogP contribution in [0, 0.1) is 6.92 Å². The zero-order valence-corrected chi connectivity index (χ0v) is 5.99. The molecule has 0 saturated carbocycles. The fraction of sp³-hybridized carbons (Fsp3) is 0.333. The van der Waals surface area contributed by atoms with Crippen LogP contribution in [0.5, 0.6) is 0 Å². The molecule has 0 N–H and O–H groups in total. The summed E-state index contributed by atoms with van der Waals surface area (Å²) in [6, 6.07) is 0. The van der Waals surface area contributed by atoms with E-state index in [0.717, 1.165) is 5.69 Å². The Morgan fingerprint density at radius 1 is 1.38 bits per heavy atom. The molecule has 0 bridgehead atoms. The Morgan fingerprint density at radius 2 is 2.12 bits per heavy atom. The second-order valence-corrected chi connectivity index (χ2v) is 1.16. The average molecular weight is 177 g/mol. The molecule has 0 aliphatic heterocycles. The Kier molecular flexibility index (Phi) is 3.18. The van der Waals surface area contributed by atoms with Crippen LogP contribution in [-0.2, 0) is 0 Å². The molecule has 1 rings (SSSR count). The molecule has 1 heterocycles. The van der Waals surface area contributed by atoms with Gasteiger partial charge < -0.3 is 0 Å². The standard InChI is InChI=1S/C3H4N4.BrH/c1-3-2-4-6-7-5-3;/h2H,1H3;1H. The van der Waals surface area contributed by atoms with E-state index in [4.69, 9.17) is 0 Å². The monoisotopic (exact) mass is 176 g/mol. The summed E-state index contributed by atoms with van der Waals surface area (Å²) < 4.78 is 0. The van der Waals surface area contributed by atoms with Gasteiger partial charge in [0.25, 0.3) is 0 Å². The molecule has 5 heteroatoms. The van der Waals surface area contributed by atoms with Crippen molar-refractivity contribution >= 4 is 17.0 Å². The number of rotatable bonds is 0. The Hall–Kier alpha value is -0.580. The van der Waals surface area contributed by atoms with Gasteiger partial charge in [-0.05, 0) is 17.4 Å². The Balaban J connectivity index is 0.000000490. The summed E-state index contributed by atoms with van der Waals surface area (Å²) in [5.74, 6) is 0. The minimum atomic E-state index is 0. The summed E-state index contributed by atoms with van der Waals surface area (Å²) >= 11 is 0. The van der Waals surface area contributed by atoms with Crippen LogP contribution in [-0.4, -0.2) is 20.6 Å². The maximum atomic E-state index is 3.56. The van der Waals surface area contributed by atoms with Crippen LogP contribution in [0.2, 0.25) is 0 Å². The Morgan fingerprint density at radius 3 is 2.38 bits per heavy atom. The zero-order chi connectivity index (χ0) is 5.11. The van der Waals surface area contributed by atoms with Gasteiger partial charge >= 0.3 is 0 Å². The number of hydrogen-bond donors (Lipinski definition) is 0. The highest BCUT2D eigenvalue weighted by Gasteiger charge is 1.77. The lowest BCUT2D eigenvalue weighted by molar-refractivity contribution is 0.742. The van der Waals surface area contributed by atoms with Gasteiger partial charge in [-0.2, -0.15) is 0 Å². The van der Waals surface area contributed by atoms with Gasteiger partial charge in [-0.3, -0.25) is 0 Å². The van der Waals surface area contributed by atoms with Gasteiger partial charge in [0.05, 0.1) is 11.9 Å². The molecule has 0 fully saturated rings. The third kappa shape index (κ3) is 1.92. The third-order valence-electron chi connectivity index (χ3n) is 0.539. The fourth-order valence-electron chi connectivity index (χ4n) is 0.249. The predicted molar refractivity (Wildman–Crippen MR) is 32.7 cm³/mol. The van der Waals surface area contributed by atoms with Gasteiger partial charge in [-0.15, -0.1) is 27.2 Å². The van der Waals surface area contributed by atoms with E-state index in [1.165, 1.54) is 0 Å². The molecule has 44 valence electrons. The van der Waals surface area contributed by atoms with Crippen LogP contribution < -0.4 is 0 Å². The fourth-order valence-corrected chi connectivity index (χ4v) is 0.249. The van der Waals surface area contributed by atoms with Crippen LogP contribution in [0.3, 0.4) is 0 Å². The first-order valence-corrected chi connectivity index (χ1v) is 1.87. The molecule has 0 atom stereocenters. The van der Waals surface area contributed by atoms with Crippen LogP contribution >= 0.6 is 17.0 Å². The number of aryl methyl sites for hydroxylation is 1. The lowest BCUT2D eigenvalue weighted by atomic mass is 10.6. The molecule has 1 aromatic heterocycles. The summed E-state index contributed by atoms with van der Waals surface area (Å²) in [4.78, 5) is 0. The molecule has 0 aliphatic rings. The van der Waals surface area contributed by atoms with Crippen molar-refractivity contribution in [3.63, 3.8) is 0 Å². The zero-order valence-electron chi connectivity index (χ0n) is 4.27. The Labute approximate surface area is 57.1 Å². The lowest BCUT2D eigenvalue weighted by Crippen LogP contribution is -1.90. The summed E-state index contributed by atoms with van der Waals surface area (Å²) in [5.41, 5.74) is 0.787. The van der Waals surface area contributed by atoms with Gasteiger partial charge in [-0.25, -0.2) is 0 Å². The summed E-state index contributed by atoms with van der Waals surface area (Å²) in [6.07, 6.45) is 1.55. The first kappa shape index (κ1) is 7.42. The molecule has 0 spiro atoms. The van der Waals surface area contributed by atoms with E-state index in [1.54, 1.807) is 6.20 Å². The number of nitrogens with zero attached hydrogens (tertiary/aromatic N) is 4. The van der Waals surface area contributed by atoms with Crippen molar-refractivity contribution in [3.05, 3.63) is 11.9 Å². The number of aromatic nitrogens is 4. The van der Waals surface area contributed by atoms with Crippen LogP contribution in [0.15, 0.2) is 6.20 Å². The van der Waals surface area contributed by atoms with E-state index >= 15 is 0 Å². The largest absolute Gasteiger partial charge is 0.135 e. The molecule has 4 nitrogen and oxygen atoms in total. The Bertz CT molecular complexity index is 141. The van der Waals surface area contributed by atoms with E-state index in [-0.39, 0.29) is 17.0 Å². The molecule has 8 heavy (non-hydrogen) atoms. The molecule has 1 aromatic rings. The highest BCUT2D eigenvalue weighted by Crippen LogP contribution is 1.75. The quantitative estimate of drug-likeness (QED) is 0.566. The van der Waals surface area contributed by atoms with Crippen molar-refractivity contribution in [2.45, 2.75) is 6.92 Å². The summed E-state index contributed by atoms with van der Waals surface area (Å²) in [5, 5.41) is 13.5. The predicted octanol–water partition coefficient (Wildman–Crippen LogP) is 0.153. The van der Waals surface area contributed by atoms with Crippen molar-refractivity contribution in [2.75, 3.05) is 0 Å². The van der Waals surface area contributed by atoms with E-state index in [9.17, 15) is 0 Å². The highest BCUT2D eigenvalue weighted by atomic mass is 79.9. The van der Waals surface area contributed by atoms with Crippen molar-refractivity contribution in [2.24, 2.45) is 0 Å². The average Bonchev–Trinajstić information content (AvgIpc) is 1.69. The molecule has 0 radical (unpaired) electrons. The summed E-state index contributed by atoms with van der Waals surface area (Å²) in [7, 11) is 0. The molecular formula is C3H5BrN4. The first-order chi connectivity index (χ1) is 3.39. The van der Waals surface area contributed by atoms with Crippen molar-refractivity contribution < 1.29 is 0 Å². The second kappa shape index (κ2) is 3.43. The topological polar surface area (TPSA) is 51.6 Å². The van der Waals surface area contributed by atoms with Crippen molar-refractivity contribution in [1.29, 1.82) is 0 Å². The molecular weight excluding hydrogens is 172 g/mol. The van der Waals surface area contributed by atoms with Gasteiger partial charge in [0.1, 0.15) is 0 Å². The molecule has 0 saturated heterocycles. The van der Waals surface area contributed by atoms with Gasteiger partial charge in [0.2, 0.25) is 0 Å². The minimum absolute atomic E-state index is 0. The molecule has 0 aromatic carbocycles. The molecule has 0 aliphatic carbocycles. The van der Waals surface area contributed by atoms with Gasteiger partial charge in [-0.1, -0.05) is 0 Å². The van der Waals surface area contributed by atoms with E-state index in [0.29, 0.717) is 0 Å². The smallest absolute Gasteiger partial charge is 0.0820 e. The van der Waals surface area contributed by atoms with Gasteiger partial charge in [0, 0.05) is 0 Å². The third-order valence-corrected chi connectivity index (χ3v) is 0.539. The summed E-state index contributed by atoms with van der Waals surface area (Å²) in [6.45, 7) is 1.81. The number of halogens is 1. The normalized spacial score (nSPS) is 7.62. The van der Waals surface area contributed by atoms with Crippen molar-refractivity contribution in [1.82, 2.24) is 20.6 Å². The van der Waals surface area contributed by atoms with Crippen LogP contribution in [0.1, 0.15) is 5.69 Å². The minimum Gasteiger partial charge on any atom is -0.135 e. The van der Waals surface area contributed by atoms with E-state index in [1.807, 2.05) is 6.92 Å². The lowest BCUT2D eigenvalue weighted by Gasteiger charge is -1.78. The maximum Gasteiger partial charge on any atom is 0.0820 e. The first-order valence-electron chi connectivity index (χ1n) is 1.87. The molecule has 0 unspecified atom stereocenters. The molecule has 0 amide bonds. The SMILES string of the molecule is Br.Cc1cnnnn1. The van der Waals surface area contributed by atoms with Crippen LogP contribution in [0.4, 0.5) is 0 Å².